The van der Waals surface area contributed by atoms with Crippen LogP contribution in [0, 0.1) is 11.8 Å². The third-order valence-corrected chi connectivity index (χ3v) is 5.89. The summed E-state index contributed by atoms with van der Waals surface area (Å²) in [7, 11) is 0. The molecule has 2 atom stereocenters. The number of benzene rings is 1. The Morgan fingerprint density at radius 3 is 2.27 bits per heavy atom. The number of carbonyl (C=O) groups is 2. The van der Waals surface area contributed by atoms with Gasteiger partial charge in [0.05, 0.1) is 0 Å². The minimum atomic E-state index is -2.85. The molecule has 0 radical (unpaired) electrons. The maximum atomic E-state index is 13.8. The Labute approximate surface area is 152 Å². The largest absolute Gasteiger partial charge is 0.375 e. The van der Waals surface area contributed by atoms with Gasteiger partial charge in [0, 0.05) is 37.8 Å². The van der Waals surface area contributed by atoms with E-state index in [4.69, 9.17) is 0 Å². The number of piperidine rings is 1. The molecule has 1 heterocycles. The summed E-state index contributed by atoms with van der Waals surface area (Å²) < 4.78 is 27.6. The van der Waals surface area contributed by atoms with Crippen LogP contribution < -0.4 is 0 Å². The van der Waals surface area contributed by atoms with Crippen molar-refractivity contribution in [3.05, 3.63) is 35.9 Å². The van der Waals surface area contributed by atoms with Crippen LogP contribution in [0.25, 0.3) is 0 Å². The summed E-state index contributed by atoms with van der Waals surface area (Å²) in [5, 5.41) is 11.4. The molecule has 26 heavy (non-hydrogen) atoms. The lowest BCUT2D eigenvalue weighted by Crippen LogP contribution is -2.53. The van der Waals surface area contributed by atoms with Gasteiger partial charge in [0.2, 0.25) is 5.92 Å². The molecule has 2 unspecified atom stereocenters. The highest BCUT2D eigenvalue weighted by atomic mass is 19.3. The van der Waals surface area contributed by atoms with Crippen LogP contribution in [0.15, 0.2) is 30.3 Å². The number of rotatable bonds is 4. The van der Waals surface area contributed by atoms with Gasteiger partial charge in [-0.1, -0.05) is 30.3 Å². The summed E-state index contributed by atoms with van der Waals surface area (Å²) >= 11 is 0. The number of hydrogen-bond donors (Lipinski definition) is 1. The lowest BCUT2D eigenvalue weighted by Gasteiger charge is -2.40. The highest BCUT2D eigenvalue weighted by Crippen LogP contribution is 2.48. The Hall–Kier alpha value is -1.82. The molecule has 6 heteroatoms. The molecule has 3 rings (SSSR count). The van der Waals surface area contributed by atoms with E-state index in [1.807, 2.05) is 0 Å². The lowest BCUT2D eigenvalue weighted by molar-refractivity contribution is -0.162. The Kier molecular flexibility index (Phi) is 5.15. The summed E-state index contributed by atoms with van der Waals surface area (Å²) in [6.07, 6.45) is 0.397. The number of nitrogens with zero attached hydrogens (tertiary/aromatic N) is 1. The predicted octanol–water partition coefficient (Wildman–Crippen LogP) is 3.14. The molecular formula is C20H25F2NO3. The van der Waals surface area contributed by atoms with E-state index in [1.54, 1.807) is 37.3 Å². The maximum Gasteiger partial charge on any atom is 0.259 e. The van der Waals surface area contributed by atoms with E-state index in [1.165, 1.54) is 4.90 Å². The van der Waals surface area contributed by atoms with Gasteiger partial charge in [0.15, 0.2) is 5.60 Å². The van der Waals surface area contributed by atoms with E-state index in [0.717, 1.165) is 0 Å². The van der Waals surface area contributed by atoms with Gasteiger partial charge in [-0.15, -0.1) is 0 Å². The molecule has 1 aromatic rings. The molecule has 2 fully saturated rings. The fourth-order valence-electron chi connectivity index (χ4n) is 4.26. The zero-order chi connectivity index (χ0) is 18.9. The van der Waals surface area contributed by atoms with Crippen molar-refractivity contribution in [3.63, 3.8) is 0 Å². The average Bonchev–Trinajstić information content (AvgIpc) is 3.01. The minimum absolute atomic E-state index is 0.0697. The van der Waals surface area contributed by atoms with Crippen LogP contribution in [0.5, 0.6) is 0 Å². The van der Waals surface area contributed by atoms with Gasteiger partial charge in [0.25, 0.3) is 5.91 Å². The standard InChI is InChI=1S/C20H25F2NO3/c1-14(24)15-8-11-23(12-9-15)18(25)20(26,16-5-3-2-4-6-16)17-7-10-19(21,22)13-17/h2-6,15,17,26H,7-13H2,1H3. The third kappa shape index (κ3) is 3.52. The van der Waals surface area contributed by atoms with E-state index < -0.39 is 29.8 Å². The summed E-state index contributed by atoms with van der Waals surface area (Å²) in [5.41, 5.74) is -1.59. The third-order valence-electron chi connectivity index (χ3n) is 5.89. The summed E-state index contributed by atoms with van der Waals surface area (Å²) in [6, 6.07) is 8.40. The van der Waals surface area contributed by atoms with Crippen LogP contribution >= 0.6 is 0 Å². The first kappa shape index (κ1) is 19.0. The molecule has 1 aliphatic heterocycles. The van der Waals surface area contributed by atoms with Gasteiger partial charge in [-0.3, -0.25) is 9.59 Å². The molecule has 0 bridgehead atoms. The molecule has 0 aromatic heterocycles. The van der Waals surface area contributed by atoms with E-state index in [-0.39, 0.29) is 24.5 Å². The van der Waals surface area contributed by atoms with E-state index in [9.17, 15) is 23.5 Å². The molecule has 0 spiro atoms. The number of hydrogen-bond acceptors (Lipinski definition) is 3. The molecule has 1 aliphatic carbocycles. The van der Waals surface area contributed by atoms with Crippen molar-refractivity contribution in [1.82, 2.24) is 4.90 Å². The molecule has 2 aliphatic rings. The Morgan fingerprint density at radius 1 is 1.15 bits per heavy atom. The van der Waals surface area contributed by atoms with Crippen molar-refractivity contribution in [2.75, 3.05) is 13.1 Å². The molecular weight excluding hydrogens is 340 g/mol. The number of halogens is 2. The van der Waals surface area contributed by atoms with Crippen molar-refractivity contribution >= 4 is 11.7 Å². The zero-order valence-corrected chi connectivity index (χ0v) is 15.0. The molecule has 1 aromatic carbocycles. The number of aliphatic hydroxyl groups is 1. The quantitative estimate of drug-likeness (QED) is 0.892. The van der Waals surface area contributed by atoms with Gasteiger partial charge in [-0.2, -0.15) is 0 Å². The number of carbonyl (C=O) groups excluding carboxylic acids is 2. The number of Topliss-reactive ketones (excluding diaryl/α,β-unsaturated/α-hetero) is 1. The van der Waals surface area contributed by atoms with Gasteiger partial charge in [-0.25, -0.2) is 8.78 Å². The van der Waals surface area contributed by atoms with Gasteiger partial charge in [-0.05, 0) is 31.7 Å². The second kappa shape index (κ2) is 7.06. The lowest BCUT2D eigenvalue weighted by atomic mass is 9.78. The average molecular weight is 365 g/mol. The van der Waals surface area contributed by atoms with Crippen molar-refractivity contribution < 1.29 is 23.5 Å². The van der Waals surface area contributed by atoms with E-state index >= 15 is 0 Å². The second-order valence-corrected chi connectivity index (χ2v) is 7.61. The first-order valence-electron chi connectivity index (χ1n) is 9.19. The first-order chi connectivity index (χ1) is 12.2. The van der Waals surface area contributed by atoms with Crippen molar-refractivity contribution in [3.8, 4) is 0 Å². The Morgan fingerprint density at radius 2 is 1.77 bits per heavy atom. The normalized spacial score (nSPS) is 25.7. The maximum absolute atomic E-state index is 13.8. The van der Waals surface area contributed by atoms with Gasteiger partial charge < -0.3 is 10.0 Å². The predicted molar refractivity (Wildman–Crippen MR) is 92.6 cm³/mol. The van der Waals surface area contributed by atoms with Gasteiger partial charge >= 0.3 is 0 Å². The molecule has 4 nitrogen and oxygen atoms in total. The Bertz CT molecular complexity index is 671. The summed E-state index contributed by atoms with van der Waals surface area (Å²) in [5.74, 6) is -4.16. The summed E-state index contributed by atoms with van der Waals surface area (Å²) in [6.45, 7) is 2.27. The number of likely N-dealkylation sites (tertiary alicyclic amines) is 1. The monoisotopic (exact) mass is 365 g/mol. The highest BCUT2D eigenvalue weighted by Gasteiger charge is 2.54. The molecule has 142 valence electrons. The molecule has 1 amide bonds. The minimum Gasteiger partial charge on any atom is -0.375 e. The van der Waals surface area contributed by atoms with Crippen LogP contribution in [0.2, 0.25) is 0 Å². The van der Waals surface area contributed by atoms with Gasteiger partial charge in [0.1, 0.15) is 5.78 Å². The first-order valence-corrected chi connectivity index (χ1v) is 9.19. The van der Waals surface area contributed by atoms with Crippen LogP contribution in [0.1, 0.15) is 44.6 Å². The Balaban J connectivity index is 1.87. The topological polar surface area (TPSA) is 57.6 Å². The van der Waals surface area contributed by atoms with Crippen LogP contribution in [0.4, 0.5) is 8.78 Å². The van der Waals surface area contributed by atoms with Crippen LogP contribution in [-0.4, -0.2) is 40.7 Å². The smallest absolute Gasteiger partial charge is 0.259 e. The molecule has 1 saturated heterocycles. The molecule has 1 saturated carbocycles. The number of alkyl halides is 2. The molecule has 1 N–H and O–H groups in total. The zero-order valence-electron chi connectivity index (χ0n) is 15.0. The SMILES string of the molecule is CC(=O)C1CCN(C(=O)C(O)(c2ccccc2)C2CCC(F)(F)C2)CC1. The fourth-order valence-corrected chi connectivity index (χ4v) is 4.26. The summed E-state index contributed by atoms with van der Waals surface area (Å²) in [4.78, 5) is 26.3. The van der Waals surface area contributed by atoms with E-state index in [2.05, 4.69) is 0 Å². The second-order valence-electron chi connectivity index (χ2n) is 7.61. The fraction of sp³-hybridized carbons (Fsp3) is 0.600. The van der Waals surface area contributed by atoms with Crippen LogP contribution in [0.3, 0.4) is 0 Å². The van der Waals surface area contributed by atoms with E-state index in [0.29, 0.717) is 31.5 Å². The van der Waals surface area contributed by atoms with Crippen LogP contribution in [-0.2, 0) is 15.2 Å². The van der Waals surface area contributed by atoms with Crippen molar-refractivity contribution in [2.45, 2.75) is 50.6 Å². The number of ketones is 1. The highest BCUT2D eigenvalue weighted by molar-refractivity contribution is 5.87. The van der Waals surface area contributed by atoms with Crippen molar-refractivity contribution in [1.29, 1.82) is 0 Å². The van der Waals surface area contributed by atoms with Crippen molar-refractivity contribution in [2.24, 2.45) is 11.8 Å². The number of amides is 1.